The van der Waals surface area contributed by atoms with Gasteiger partial charge in [0.2, 0.25) is 5.91 Å². The van der Waals surface area contributed by atoms with Gasteiger partial charge in [0, 0.05) is 17.5 Å². The Morgan fingerprint density at radius 1 is 1.56 bits per heavy atom. The SMILES string of the molecule is CC(O)c1cccc(CC(C)(C)C(N)=O)n1. The van der Waals surface area contributed by atoms with Crippen molar-refractivity contribution in [3.63, 3.8) is 0 Å². The molecule has 0 saturated heterocycles. The molecule has 0 fully saturated rings. The molecule has 4 nitrogen and oxygen atoms in total. The lowest BCUT2D eigenvalue weighted by Crippen LogP contribution is -2.33. The van der Waals surface area contributed by atoms with Crippen molar-refractivity contribution in [2.24, 2.45) is 11.1 Å². The van der Waals surface area contributed by atoms with Gasteiger partial charge in [-0.2, -0.15) is 0 Å². The van der Waals surface area contributed by atoms with Crippen molar-refractivity contribution in [3.8, 4) is 0 Å². The van der Waals surface area contributed by atoms with Crippen LogP contribution in [0.3, 0.4) is 0 Å². The van der Waals surface area contributed by atoms with E-state index < -0.39 is 11.5 Å². The monoisotopic (exact) mass is 222 g/mol. The fraction of sp³-hybridized carbons (Fsp3) is 0.500. The van der Waals surface area contributed by atoms with Crippen molar-refractivity contribution in [3.05, 3.63) is 29.6 Å². The van der Waals surface area contributed by atoms with Crippen LogP contribution in [0, 0.1) is 5.41 Å². The van der Waals surface area contributed by atoms with Crippen LogP contribution in [-0.2, 0) is 11.2 Å². The smallest absolute Gasteiger partial charge is 0.223 e. The highest BCUT2D eigenvalue weighted by molar-refractivity contribution is 5.80. The number of aromatic nitrogens is 1. The molecule has 1 aromatic rings. The first-order valence-electron chi connectivity index (χ1n) is 5.27. The number of amides is 1. The highest BCUT2D eigenvalue weighted by Gasteiger charge is 2.25. The van der Waals surface area contributed by atoms with Gasteiger partial charge in [-0.05, 0) is 19.1 Å². The summed E-state index contributed by atoms with van der Waals surface area (Å²) in [4.78, 5) is 15.5. The van der Waals surface area contributed by atoms with Crippen molar-refractivity contribution in [2.75, 3.05) is 0 Å². The summed E-state index contributed by atoms with van der Waals surface area (Å²) in [5.41, 5.74) is 6.05. The van der Waals surface area contributed by atoms with Gasteiger partial charge in [0.15, 0.2) is 0 Å². The quantitative estimate of drug-likeness (QED) is 0.803. The van der Waals surface area contributed by atoms with Crippen LogP contribution in [0.5, 0.6) is 0 Å². The predicted octanol–water partition coefficient (Wildman–Crippen LogP) is 1.19. The molecular formula is C12H18N2O2. The van der Waals surface area contributed by atoms with Crippen LogP contribution in [0.1, 0.15) is 38.3 Å². The lowest BCUT2D eigenvalue weighted by Gasteiger charge is -2.20. The van der Waals surface area contributed by atoms with Crippen molar-refractivity contribution in [1.29, 1.82) is 0 Å². The van der Waals surface area contributed by atoms with Crippen LogP contribution in [0.15, 0.2) is 18.2 Å². The maximum Gasteiger partial charge on any atom is 0.223 e. The summed E-state index contributed by atoms with van der Waals surface area (Å²) in [5.74, 6) is -0.350. The number of primary amides is 1. The van der Waals surface area contributed by atoms with Crippen LogP contribution in [0.2, 0.25) is 0 Å². The van der Waals surface area contributed by atoms with Gasteiger partial charge in [-0.15, -0.1) is 0 Å². The van der Waals surface area contributed by atoms with Gasteiger partial charge in [-0.25, -0.2) is 0 Å². The molecule has 1 rings (SSSR count). The zero-order chi connectivity index (χ0) is 12.3. The Morgan fingerprint density at radius 3 is 2.69 bits per heavy atom. The first kappa shape index (κ1) is 12.6. The molecule has 1 aromatic heterocycles. The van der Waals surface area contributed by atoms with E-state index in [9.17, 15) is 9.90 Å². The molecule has 3 N–H and O–H groups in total. The van der Waals surface area contributed by atoms with Crippen LogP contribution in [0.4, 0.5) is 0 Å². The van der Waals surface area contributed by atoms with E-state index in [1.807, 2.05) is 12.1 Å². The third-order valence-corrected chi connectivity index (χ3v) is 2.55. The second-order valence-corrected chi connectivity index (χ2v) is 4.65. The Hall–Kier alpha value is -1.42. The molecule has 1 atom stereocenters. The summed E-state index contributed by atoms with van der Waals surface area (Å²) >= 11 is 0. The summed E-state index contributed by atoms with van der Waals surface area (Å²) in [6.07, 6.45) is -0.125. The molecule has 0 aromatic carbocycles. The average molecular weight is 222 g/mol. The number of hydrogen-bond acceptors (Lipinski definition) is 3. The summed E-state index contributed by atoms with van der Waals surface area (Å²) < 4.78 is 0. The average Bonchev–Trinajstić information content (AvgIpc) is 2.17. The molecule has 88 valence electrons. The largest absolute Gasteiger partial charge is 0.387 e. The number of aliphatic hydroxyl groups is 1. The summed E-state index contributed by atoms with van der Waals surface area (Å²) in [6.45, 7) is 5.23. The molecule has 0 aliphatic heterocycles. The van der Waals surface area contributed by atoms with E-state index in [0.717, 1.165) is 5.69 Å². The van der Waals surface area contributed by atoms with Crippen molar-refractivity contribution < 1.29 is 9.90 Å². The van der Waals surface area contributed by atoms with Crippen LogP contribution in [-0.4, -0.2) is 16.0 Å². The van der Waals surface area contributed by atoms with Crippen LogP contribution in [0.25, 0.3) is 0 Å². The maximum absolute atomic E-state index is 11.2. The van der Waals surface area contributed by atoms with Crippen molar-refractivity contribution >= 4 is 5.91 Å². The highest BCUT2D eigenvalue weighted by atomic mass is 16.3. The van der Waals surface area contributed by atoms with Crippen LogP contribution < -0.4 is 5.73 Å². The number of carbonyl (C=O) groups is 1. The Bertz CT molecular complexity index is 386. The Morgan fingerprint density at radius 2 is 2.19 bits per heavy atom. The number of aliphatic hydroxyl groups excluding tert-OH is 1. The fourth-order valence-corrected chi connectivity index (χ4v) is 1.37. The highest BCUT2D eigenvalue weighted by Crippen LogP contribution is 2.21. The number of hydrogen-bond donors (Lipinski definition) is 2. The van der Waals surface area contributed by atoms with Gasteiger partial charge in [-0.3, -0.25) is 9.78 Å². The second kappa shape index (κ2) is 4.61. The molecule has 1 unspecified atom stereocenters. The minimum absolute atomic E-state index is 0.350. The van der Waals surface area contributed by atoms with Crippen molar-refractivity contribution in [2.45, 2.75) is 33.3 Å². The number of nitrogens with zero attached hydrogens (tertiary/aromatic N) is 1. The molecule has 1 heterocycles. The minimum Gasteiger partial charge on any atom is -0.387 e. The molecule has 0 spiro atoms. The van der Waals surface area contributed by atoms with Gasteiger partial charge < -0.3 is 10.8 Å². The molecule has 0 saturated carbocycles. The van der Waals surface area contributed by atoms with E-state index in [-0.39, 0.29) is 5.91 Å². The summed E-state index contributed by atoms with van der Waals surface area (Å²) in [6, 6.07) is 5.41. The molecule has 1 amide bonds. The lowest BCUT2D eigenvalue weighted by atomic mass is 9.87. The Labute approximate surface area is 95.5 Å². The molecule has 0 radical (unpaired) electrons. The number of rotatable bonds is 4. The standard InChI is InChI=1S/C12H18N2O2/c1-8(15)10-6-4-5-9(14-10)7-12(2,3)11(13)16/h4-6,8,15H,7H2,1-3H3,(H2,13,16). The summed E-state index contributed by atoms with van der Waals surface area (Å²) in [7, 11) is 0. The normalized spacial score (nSPS) is 13.5. The predicted molar refractivity (Wildman–Crippen MR) is 61.6 cm³/mol. The second-order valence-electron chi connectivity index (χ2n) is 4.65. The third-order valence-electron chi connectivity index (χ3n) is 2.55. The maximum atomic E-state index is 11.2. The van der Waals surface area contributed by atoms with Gasteiger partial charge in [-0.1, -0.05) is 19.9 Å². The molecule has 0 aliphatic carbocycles. The van der Waals surface area contributed by atoms with Crippen molar-refractivity contribution in [1.82, 2.24) is 4.98 Å². The zero-order valence-electron chi connectivity index (χ0n) is 9.90. The van der Waals surface area contributed by atoms with E-state index in [0.29, 0.717) is 12.1 Å². The van der Waals surface area contributed by atoms with Gasteiger partial charge >= 0.3 is 0 Å². The van der Waals surface area contributed by atoms with Gasteiger partial charge in [0.25, 0.3) is 0 Å². The zero-order valence-corrected chi connectivity index (χ0v) is 9.90. The summed E-state index contributed by atoms with van der Waals surface area (Å²) in [5, 5.41) is 9.40. The molecule has 4 heteroatoms. The molecular weight excluding hydrogens is 204 g/mol. The van der Waals surface area contributed by atoms with E-state index in [1.54, 1.807) is 26.8 Å². The van der Waals surface area contributed by atoms with E-state index in [2.05, 4.69) is 4.98 Å². The van der Waals surface area contributed by atoms with E-state index in [4.69, 9.17) is 5.73 Å². The van der Waals surface area contributed by atoms with Crippen LogP contribution >= 0.6 is 0 Å². The van der Waals surface area contributed by atoms with E-state index >= 15 is 0 Å². The first-order chi connectivity index (χ1) is 7.33. The topological polar surface area (TPSA) is 76.2 Å². The molecule has 16 heavy (non-hydrogen) atoms. The molecule has 0 aliphatic rings. The Kier molecular flexibility index (Phi) is 3.65. The minimum atomic E-state index is -0.621. The lowest BCUT2D eigenvalue weighted by molar-refractivity contribution is -0.125. The van der Waals surface area contributed by atoms with Gasteiger partial charge in [0.05, 0.1) is 11.8 Å². The Balaban J connectivity index is 2.90. The number of pyridine rings is 1. The fourth-order valence-electron chi connectivity index (χ4n) is 1.37. The third kappa shape index (κ3) is 3.03. The first-order valence-corrected chi connectivity index (χ1v) is 5.27. The van der Waals surface area contributed by atoms with Gasteiger partial charge in [0.1, 0.15) is 0 Å². The molecule has 0 bridgehead atoms. The number of nitrogens with two attached hydrogens (primary N) is 1. The number of carbonyl (C=O) groups excluding carboxylic acids is 1. The van der Waals surface area contributed by atoms with E-state index in [1.165, 1.54) is 0 Å².